The van der Waals surface area contributed by atoms with Gasteiger partial charge in [-0.15, -0.1) is 0 Å². The van der Waals surface area contributed by atoms with Crippen molar-refractivity contribution < 1.29 is 9.90 Å². The van der Waals surface area contributed by atoms with Crippen molar-refractivity contribution in [3.8, 4) is 0 Å². The van der Waals surface area contributed by atoms with Gasteiger partial charge in [-0.25, -0.2) is 0 Å². The normalized spacial score (nSPS) is 27.0. The molecule has 1 aromatic rings. The van der Waals surface area contributed by atoms with E-state index in [9.17, 15) is 14.7 Å². The summed E-state index contributed by atoms with van der Waals surface area (Å²) in [4.78, 5) is 25.5. The van der Waals surface area contributed by atoms with Crippen molar-refractivity contribution in [3.63, 3.8) is 0 Å². The summed E-state index contributed by atoms with van der Waals surface area (Å²) in [7, 11) is 0. The number of aryl methyl sites for hydroxylation is 1. The maximum atomic E-state index is 12.9. The summed E-state index contributed by atoms with van der Waals surface area (Å²) in [6.45, 7) is 1.81. The Morgan fingerprint density at radius 2 is 2.00 bits per heavy atom. The van der Waals surface area contributed by atoms with Gasteiger partial charge in [-0.1, -0.05) is 12.2 Å². The second-order valence-electron chi connectivity index (χ2n) is 6.99. The van der Waals surface area contributed by atoms with Crippen molar-refractivity contribution in [2.24, 2.45) is 0 Å². The highest BCUT2D eigenvalue weighted by molar-refractivity contribution is 5.95. The molecule has 1 atom stereocenters. The fraction of sp³-hybridized carbons (Fsp3) is 0.579. The number of aliphatic hydroxyl groups excluding tert-OH is 1. The number of aromatic nitrogens is 1. The van der Waals surface area contributed by atoms with Crippen LogP contribution in [0, 0.1) is 6.92 Å². The van der Waals surface area contributed by atoms with E-state index in [0.29, 0.717) is 18.4 Å². The average Bonchev–Trinajstić information content (AvgIpc) is 2.57. The molecule has 2 N–H and O–H groups in total. The van der Waals surface area contributed by atoms with E-state index in [-0.39, 0.29) is 35.2 Å². The molecule has 0 radical (unpaired) electrons. The summed E-state index contributed by atoms with van der Waals surface area (Å²) < 4.78 is 1.69. The van der Waals surface area contributed by atoms with Crippen molar-refractivity contribution in [2.75, 3.05) is 0 Å². The lowest BCUT2D eigenvalue weighted by Gasteiger charge is -2.27. The molecule has 1 aromatic heterocycles. The Bertz CT molecular complexity index is 684. The standard InChI is InChI=1S/C19H26N2O3/c1-13-11-12-21(15-7-9-16(22)10-8-15)19(24)17(13)18(23)20-14-5-3-2-4-6-14/h3,5,11-12,14-16,22H,2,4,6-10H2,1H3,(H,20,23). The van der Waals surface area contributed by atoms with Crippen molar-refractivity contribution in [1.82, 2.24) is 9.88 Å². The van der Waals surface area contributed by atoms with Gasteiger partial charge in [0.25, 0.3) is 11.5 Å². The number of allylic oxidation sites excluding steroid dienone is 1. The third kappa shape index (κ3) is 3.61. The third-order valence-electron chi connectivity index (χ3n) is 5.19. The van der Waals surface area contributed by atoms with Crippen molar-refractivity contribution in [3.05, 3.63) is 45.9 Å². The molecule has 0 spiro atoms. The topological polar surface area (TPSA) is 71.3 Å². The van der Waals surface area contributed by atoms with Crippen LogP contribution in [-0.4, -0.2) is 27.7 Å². The molecule has 1 amide bonds. The van der Waals surface area contributed by atoms with Crippen LogP contribution in [0.1, 0.15) is 66.9 Å². The molecule has 0 aliphatic heterocycles. The zero-order valence-electron chi connectivity index (χ0n) is 14.2. The molecule has 2 aliphatic rings. The maximum Gasteiger partial charge on any atom is 0.263 e. The molecule has 1 fully saturated rings. The lowest BCUT2D eigenvalue weighted by atomic mass is 9.92. The van der Waals surface area contributed by atoms with Crippen LogP contribution in [-0.2, 0) is 0 Å². The zero-order valence-corrected chi connectivity index (χ0v) is 14.2. The van der Waals surface area contributed by atoms with E-state index in [2.05, 4.69) is 11.4 Å². The van der Waals surface area contributed by atoms with Crippen molar-refractivity contribution in [2.45, 2.75) is 70.1 Å². The summed E-state index contributed by atoms with van der Waals surface area (Å²) in [6.07, 6.45) is 11.6. The summed E-state index contributed by atoms with van der Waals surface area (Å²) in [6, 6.07) is 1.93. The molecule has 1 saturated carbocycles. The molecular weight excluding hydrogens is 304 g/mol. The van der Waals surface area contributed by atoms with Gasteiger partial charge in [-0.2, -0.15) is 0 Å². The van der Waals surface area contributed by atoms with Crippen LogP contribution in [0.15, 0.2) is 29.2 Å². The van der Waals surface area contributed by atoms with E-state index in [1.807, 2.05) is 19.1 Å². The minimum absolute atomic E-state index is 0.0172. The van der Waals surface area contributed by atoms with E-state index in [1.165, 1.54) is 0 Å². The number of carbonyl (C=O) groups excluding carboxylic acids is 1. The Kier molecular flexibility index (Phi) is 5.19. The number of carbonyl (C=O) groups is 1. The highest BCUT2D eigenvalue weighted by atomic mass is 16.3. The van der Waals surface area contributed by atoms with Gasteiger partial charge >= 0.3 is 0 Å². The summed E-state index contributed by atoms with van der Waals surface area (Å²) in [5.74, 6) is -0.278. The van der Waals surface area contributed by atoms with Gasteiger partial charge in [0.1, 0.15) is 5.56 Å². The fourth-order valence-electron chi connectivity index (χ4n) is 3.71. The molecule has 0 saturated heterocycles. The van der Waals surface area contributed by atoms with Crippen molar-refractivity contribution >= 4 is 5.91 Å². The van der Waals surface area contributed by atoms with Gasteiger partial charge in [0, 0.05) is 18.3 Å². The molecule has 3 rings (SSSR count). The maximum absolute atomic E-state index is 12.9. The SMILES string of the molecule is Cc1ccn(C2CCC(O)CC2)c(=O)c1C(=O)NC1C=CCCC1. The molecule has 1 unspecified atom stereocenters. The van der Waals surface area contributed by atoms with Gasteiger partial charge < -0.3 is 15.0 Å². The highest BCUT2D eigenvalue weighted by Crippen LogP contribution is 2.27. The van der Waals surface area contributed by atoms with E-state index < -0.39 is 0 Å². The summed E-state index contributed by atoms with van der Waals surface area (Å²) in [5.41, 5.74) is 0.751. The van der Waals surface area contributed by atoms with Crippen LogP contribution in [0.5, 0.6) is 0 Å². The Hall–Kier alpha value is -1.88. The Morgan fingerprint density at radius 3 is 2.67 bits per heavy atom. The van der Waals surface area contributed by atoms with Gasteiger partial charge in [-0.05, 0) is 63.5 Å². The predicted molar refractivity (Wildman–Crippen MR) is 93.2 cm³/mol. The zero-order chi connectivity index (χ0) is 17.1. The van der Waals surface area contributed by atoms with Crippen molar-refractivity contribution in [1.29, 1.82) is 0 Å². The number of aliphatic hydroxyl groups is 1. The molecule has 2 aliphatic carbocycles. The van der Waals surface area contributed by atoms with E-state index >= 15 is 0 Å². The quantitative estimate of drug-likeness (QED) is 0.836. The minimum atomic E-state index is -0.278. The smallest absolute Gasteiger partial charge is 0.263 e. The minimum Gasteiger partial charge on any atom is -0.393 e. The van der Waals surface area contributed by atoms with Crippen LogP contribution in [0.3, 0.4) is 0 Å². The monoisotopic (exact) mass is 330 g/mol. The fourth-order valence-corrected chi connectivity index (χ4v) is 3.71. The number of hydrogen-bond acceptors (Lipinski definition) is 3. The lowest BCUT2D eigenvalue weighted by Crippen LogP contribution is -2.40. The molecule has 5 nitrogen and oxygen atoms in total. The average molecular weight is 330 g/mol. The summed E-state index contributed by atoms with van der Waals surface area (Å²) >= 11 is 0. The second-order valence-corrected chi connectivity index (χ2v) is 6.99. The number of rotatable bonds is 3. The van der Waals surface area contributed by atoms with Crippen LogP contribution >= 0.6 is 0 Å². The first-order valence-corrected chi connectivity index (χ1v) is 8.93. The van der Waals surface area contributed by atoms with E-state index in [1.54, 1.807) is 10.8 Å². The van der Waals surface area contributed by atoms with Gasteiger partial charge in [0.15, 0.2) is 0 Å². The number of amides is 1. The third-order valence-corrected chi connectivity index (χ3v) is 5.19. The van der Waals surface area contributed by atoms with Crippen LogP contribution in [0.4, 0.5) is 0 Å². The molecular formula is C19H26N2O3. The first-order valence-electron chi connectivity index (χ1n) is 8.93. The first-order chi connectivity index (χ1) is 11.6. The Morgan fingerprint density at radius 1 is 1.25 bits per heavy atom. The Balaban J connectivity index is 1.83. The molecule has 0 bridgehead atoms. The predicted octanol–water partition coefficient (Wildman–Crippen LogP) is 2.47. The number of hydrogen-bond donors (Lipinski definition) is 2. The number of nitrogens with zero attached hydrogens (tertiary/aromatic N) is 1. The van der Waals surface area contributed by atoms with Crippen LogP contribution < -0.4 is 10.9 Å². The molecule has 5 heteroatoms. The van der Waals surface area contributed by atoms with Gasteiger partial charge in [-0.3, -0.25) is 9.59 Å². The van der Waals surface area contributed by atoms with Gasteiger partial charge in [0.2, 0.25) is 0 Å². The molecule has 24 heavy (non-hydrogen) atoms. The number of nitrogens with one attached hydrogen (secondary N) is 1. The van der Waals surface area contributed by atoms with Crippen LogP contribution in [0.2, 0.25) is 0 Å². The molecule has 130 valence electrons. The Labute approximate surface area is 142 Å². The van der Waals surface area contributed by atoms with E-state index in [0.717, 1.165) is 32.1 Å². The van der Waals surface area contributed by atoms with Gasteiger partial charge in [0.05, 0.1) is 6.10 Å². The largest absolute Gasteiger partial charge is 0.393 e. The molecule has 0 aromatic carbocycles. The lowest BCUT2D eigenvalue weighted by molar-refractivity contribution is 0.0935. The highest BCUT2D eigenvalue weighted by Gasteiger charge is 2.25. The number of pyridine rings is 1. The second kappa shape index (κ2) is 7.34. The summed E-state index contributed by atoms with van der Waals surface area (Å²) in [5, 5.41) is 12.6. The first kappa shape index (κ1) is 17.0. The van der Waals surface area contributed by atoms with Crippen LogP contribution in [0.25, 0.3) is 0 Å². The van der Waals surface area contributed by atoms with E-state index in [4.69, 9.17) is 0 Å². The molecule has 1 heterocycles.